The normalized spacial score (nSPS) is 13.7. The maximum atomic E-state index is 12.4. The number of aromatic nitrogens is 3. The van der Waals surface area contributed by atoms with Crippen molar-refractivity contribution in [3.05, 3.63) is 67.7 Å². The Morgan fingerprint density at radius 3 is 2.64 bits per heavy atom. The Hall–Kier alpha value is -2.33. The van der Waals surface area contributed by atoms with E-state index in [0.29, 0.717) is 16.7 Å². The van der Waals surface area contributed by atoms with E-state index in [1.807, 2.05) is 35.0 Å². The van der Waals surface area contributed by atoms with Crippen molar-refractivity contribution in [1.82, 2.24) is 14.8 Å². The topological polar surface area (TPSA) is 64.8 Å². The van der Waals surface area contributed by atoms with E-state index in [1.54, 1.807) is 23.0 Å². The molecule has 0 fully saturated rings. The van der Waals surface area contributed by atoms with Gasteiger partial charge in [-0.15, -0.1) is 0 Å². The van der Waals surface area contributed by atoms with Crippen LogP contribution in [0.1, 0.15) is 24.3 Å². The summed E-state index contributed by atoms with van der Waals surface area (Å²) < 4.78 is 4.28. The molecule has 7 heteroatoms. The molecular weight excluding hydrogens is 450 g/mol. The van der Waals surface area contributed by atoms with E-state index in [9.17, 15) is 9.59 Å². The summed E-state index contributed by atoms with van der Waals surface area (Å²) >= 11 is 0.689. The summed E-state index contributed by atoms with van der Waals surface area (Å²) in [5, 5.41) is 12.7. The van der Waals surface area contributed by atoms with Gasteiger partial charge in [-0.05, 0) is 0 Å². The molecule has 0 saturated carbocycles. The van der Waals surface area contributed by atoms with E-state index in [2.05, 4.69) is 10.2 Å². The van der Waals surface area contributed by atoms with Crippen LogP contribution in [0.15, 0.2) is 53.0 Å². The van der Waals surface area contributed by atoms with Gasteiger partial charge in [-0.25, -0.2) is 0 Å². The van der Waals surface area contributed by atoms with Crippen molar-refractivity contribution in [3.8, 4) is 3.70 Å². The van der Waals surface area contributed by atoms with Crippen LogP contribution in [0, 0.1) is 0 Å². The van der Waals surface area contributed by atoms with Crippen LogP contribution in [0.25, 0.3) is 20.8 Å². The molecule has 1 aliphatic carbocycles. The van der Waals surface area contributed by atoms with E-state index < -0.39 is 20.4 Å². The Morgan fingerprint density at radius 1 is 1.04 bits per heavy atom. The molecule has 1 aliphatic rings. The molecule has 0 radical (unpaired) electrons. The molecule has 25 heavy (non-hydrogen) atoms. The van der Waals surface area contributed by atoms with E-state index >= 15 is 0 Å². The van der Waals surface area contributed by atoms with E-state index in [1.165, 1.54) is 15.0 Å². The van der Waals surface area contributed by atoms with Crippen molar-refractivity contribution in [2.24, 2.45) is 0 Å². The second kappa shape index (κ2) is 5.60. The second-order valence-corrected chi connectivity index (χ2v) is 9.45. The quantitative estimate of drug-likeness (QED) is 0.263. The van der Waals surface area contributed by atoms with Gasteiger partial charge in [-0.2, -0.15) is 0 Å². The molecule has 5 nitrogen and oxygen atoms in total. The molecular formula is C18H9N3O2STe. The third-order valence-corrected chi connectivity index (χ3v) is 7.83. The van der Waals surface area contributed by atoms with Crippen molar-refractivity contribution in [1.29, 1.82) is 0 Å². The van der Waals surface area contributed by atoms with Gasteiger partial charge in [0.15, 0.2) is 0 Å². The summed E-state index contributed by atoms with van der Waals surface area (Å²) in [5.74, 6) is -0.305. The van der Waals surface area contributed by atoms with Gasteiger partial charge in [0.05, 0.1) is 0 Å². The molecule has 0 saturated heterocycles. The molecule has 0 unspecified atom stereocenters. The molecule has 120 valence electrons. The van der Waals surface area contributed by atoms with Crippen LogP contribution in [0.2, 0.25) is 0 Å². The van der Waals surface area contributed by atoms with Crippen molar-refractivity contribution in [3.63, 3.8) is 0 Å². The number of allylic oxidation sites excluding steroid dienone is 1. The summed E-state index contributed by atoms with van der Waals surface area (Å²) in [6.45, 7) is 0. The standard InChI is InChI=1S/C18H9N3O2STe/c22-16-12(17(23)14-9-24-8-13(14)16)7-11-1-2-15(25-11)21-6-4-10-3-5-19-20-18(10)21/h1-9H. The molecule has 0 spiro atoms. The number of hydrogen-bond donors (Lipinski definition) is 0. The molecule has 0 amide bonds. The van der Waals surface area contributed by atoms with E-state index in [-0.39, 0.29) is 11.6 Å². The van der Waals surface area contributed by atoms with Crippen LogP contribution in [0.5, 0.6) is 0 Å². The van der Waals surface area contributed by atoms with Crippen molar-refractivity contribution in [2.75, 3.05) is 0 Å². The Labute approximate surface area is 155 Å². The van der Waals surface area contributed by atoms with Gasteiger partial charge in [-0.3, -0.25) is 0 Å². The SMILES string of the molecule is O=C1C(=Cc2ccc(-n3ccc4ccnnc43)[te]2)C(=O)c2cscc21. The molecule has 4 aromatic rings. The minimum absolute atomic E-state index is 0.152. The second-order valence-electron chi connectivity index (χ2n) is 5.59. The van der Waals surface area contributed by atoms with Crippen molar-refractivity contribution < 1.29 is 9.59 Å². The number of carbonyl (C=O) groups is 2. The fourth-order valence-corrected chi connectivity index (χ4v) is 6.40. The fourth-order valence-electron chi connectivity index (χ4n) is 2.92. The summed E-state index contributed by atoms with van der Waals surface area (Å²) in [7, 11) is 0. The summed E-state index contributed by atoms with van der Waals surface area (Å²) in [4.78, 5) is 24.8. The minimum atomic E-state index is -0.703. The van der Waals surface area contributed by atoms with Crippen LogP contribution in [-0.4, -0.2) is 46.8 Å². The van der Waals surface area contributed by atoms with Crippen LogP contribution in [0.4, 0.5) is 0 Å². The Balaban J connectivity index is 1.55. The number of thiophene rings is 1. The summed E-state index contributed by atoms with van der Waals surface area (Å²) in [5.41, 5.74) is 2.21. The van der Waals surface area contributed by atoms with Crippen LogP contribution in [-0.2, 0) is 0 Å². The first kappa shape index (κ1) is 15.0. The molecule has 4 aromatic heterocycles. The van der Waals surface area contributed by atoms with Crippen LogP contribution >= 0.6 is 11.3 Å². The van der Waals surface area contributed by atoms with Gasteiger partial charge in [-0.1, -0.05) is 0 Å². The van der Waals surface area contributed by atoms with E-state index in [4.69, 9.17) is 0 Å². The zero-order valence-electron chi connectivity index (χ0n) is 12.7. The third-order valence-electron chi connectivity index (χ3n) is 4.14. The van der Waals surface area contributed by atoms with Gasteiger partial charge in [0.25, 0.3) is 0 Å². The Kier molecular flexibility index (Phi) is 3.35. The summed E-state index contributed by atoms with van der Waals surface area (Å²) in [6, 6.07) is 7.98. The van der Waals surface area contributed by atoms with Crippen molar-refractivity contribution >= 4 is 60.4 Å². The van der Waals surface area contributed by atoms with Gasteiger partial charge in [0, 0.05) is 0 Å². The Bertz CT molecular complexity index is 1170. The molecule has 0 N–H and O–H groups in total. The van der Waals surface area contributed by atoms with Crippen LogP contribution < -0.4 is 0 Å². The Morgan fingerprint density at radius 2 is 1.84 bits per heavy atom. The number of hydrogen-bond acceptors (Lipinski definition) is 5. The zero-order valence-corrected chi connectivity index (χ0v) is 15.8. The maximum absolute atomic E-state index is 12.4. The number of ketones is 2. The molecule has 0 aromatic carbocycles. The van der Waals surface area contributed by atoms with Gasteiger partial charge >= 0.3 is 156 Å². The number of carbonyl (C=O) groups excluding carboxylic acids is 2. The van der Waals surface area contributed by atoms with Gasteiger partial charge < -0.3 is 0 Å². The average molecular weight is 459 g/mol. The molecule has 0 atom stereocenters. The number of fused-ring (bicyclic) bond motifs is 2. The molecule has 4 heterocycles. The molecule has 0 aliphatic heterocycles. The van der Waals surface area contributed by atoms with Gasteiger partial charge in [0.1, 0.15) is 0 Å². The third kappa shape index (κ3) is 2.28. The number of Topliss-reactive ketones (excluding diaryl/α,β-unsaturated/α-hetero) is 2. The molecule has 0 bridgehead atoms. The zero-order chi connectivity index (χ0) is 17.0. The molecule has 5 rings (SSSR count). The number of rotatable bonds is 2. The first-order valence-electron chi connectivity index (χ1n) is 7.48. The van der Waals surface area contributed by atoms with Crippen molar-refractivity contribution in [2.45, 2.75) is 0 Å². The monoisotopic (exact) mass is 461 g/mol. The predicted octanol–water partition coefficient (Wildman–Crippen LogP) is 3.00. The average Bonchev–Trinajstić information content (AvgIpc) is 3.38. The number of nitrogens with zero attached hydrogens (tertiary/aromatic N) is 3. The van der Waals surface area contributed by atoms with Crippen LogP contribution in [0.3, 0.4) is 0 Å². The summed E-state index contributed by atoms with van der Waals surface area (Å²) in [6.07, 6.45) is 5.44. The fraction of sp³-hybridized carbons (Fsp3) is 0. The first-order valence-corrected chi connectivity index (χ1v) is 10.8. The predicted molar refractivity (Wildman–Crippen MR) is 96.8 cm³/mol. The first-order chi connectivity index (χ1) is 12.2. The van der Waals surface area contributed by atoms with E-state index in [0.717, 1.165) is 14.6 Å². The van der Waals surface area contributed by atoms with Gasteiger partial charge in [0.2, 0.25) is 0 Å².